The normalized spacial score (nSPS) is 16.1. The molecule has 0 aliphatic carbocycles. The molecular formula is C23H20ClN3O5. The summed E-state index contributed by atoms with van der Waals surface area (Å²) in [6.07, 6.45) is 1.96. The Bertz CT molecular complexity index is 1150. The zero-order chi connectivity index (χ0) is 22.8. The van der Waals surface area contributed by atoms with Gasteiger partial charge >= 0.3 is 5.97 Å². The lowest BCUT2D eigenvalue weighted by molar-refractivity contribution is -0.120. The minimum absolute atomic E-state index is 0.0821. The first-order chi connectivity index (χ1) is 15.4. The smallest absolute Gasteiger partial charge is 0.337 e. The first-order valence-corrected chi connectivity index (χ1v) is 10.4. The van der Waals surface area contributed by atoms with Crippen LogP contribution in [-0.2, 0) is 14.3 Å². The van der Waals surface area contributed by atoms with Gasteiger partial charge in [-0.15, -0.1) is 0 Å². The number of esters is 1. The van der Waals surface area contributed by atoms with Crippen LogP contribution in [0.3, 0.4) is 0 Å². The van der Waals surface area contributed by atoms with Crippen LogP contribution in [0, 0.1) is 0 Å². The van der Waals surface area contributed by atoms with Crippen LogP contribution in [0.4, 0.5) is 11.4 Å². The maximum absolute atomic E-state index is 13.0. The Hall–Kier alpha value is -3.65. The highest BCUT2D eigenvalue weighted by Gasteiger charge is 2.39. The number of carbonyl (C=O) groups is 4. The lowest BCUT2D eigenvalue weighted by Gasteiger charge is -2.17. The SMILES string of the molecule is COC(=O)c1cccc(N2C(=O)C(Cl)=C(Nc3cccc(C(=O)N4CCCC4)c3)C2=O)c1. The van der Waals surface area contributed by atoms with E-state index in [9.17, 15) is 19.2 Å². The van der Waals surface area contributed by atoms with E-state index >= 15 is 0 Å². The van der Waals surface area contributed by atoms with Crippen molar-refractivity contribution in [2.24, 2.45) is 0 Å². The van der Waals surface area contributed by atoms with Crippen molar-refractivity contribution in [1.29, 1.82) is 0 Å². The van der Waals surface area contributed by atoms with Gasteiger partial charge in [-0.25, -0.2) is 9.69 Å². The summed E-state index contributed by atoms with van der Waals surface area (Å²) < 4.78 is 4.69. The van der Waals surface area contributed by atoms with Crippen LogP contribution in [0.15, 0.2) is 59.3 Å². The van der Waals surface area contributed by atoms with Crippen LogP contribution < -0.4 is 10.2 Å². The molecule has 3 amide bonds. The fourth-order valence-corrected chi connectivity index (χ4v) is 3.93. The van der Waals surface area contributed by atoms with Crippen LogP contribution in [0.1, 0.15) is 33.6 Å². The molecule has 2 aliphatic rings. The number of benzene rings is 2. The number of rotatable bonds is 5. The number of hydrogen-bond donors (Lipinski definition) is 1. The van der Waals surface area contributed by atoms with Gasteiger partial charge < -0.3 is 15.0 Å². The summed E-state index contributed by atoms with van der Waals surface area (Å²) in [4.78, 5) is 52.9. The zero-order valence-electron chi connectivity index (χ0n) is 17.3. The van der Waals surface area contributed by atoms with Crippen molar-refractivity contribution in [1.82, 2.24) is 4.90 Å². The number of amides is 3. The Morgan fingerprint density at radius 2 is 1.66 bits per heavy atom. The number of hydrogen-bond acceptors (Lipinski definition) is 6. The predicted octanol–water partition coefficient (Wildman–Crippen LogP) is 3.14. The molecule has 9 heteroatoms. The third kappa shape index (κ3) is 3.97. The fraction of sp³-hybridized carbons (Fsp3) is 0.217. The Kier molecular flexibility index (Phi) is 5.96. The lowest BCUT2D eigenvalue weighted by atomic mass is 10.1. The highest BCUT2D eigenvalue weighted by molar-refractivity contribution is 6.53. The van der Waals surface area contributed by atoms with Gasteiger partial charge in [-0.3, -0.25) is 14.4 Å². The maximum Gasteiger partial charge on any atom is 0.337 e. The number of methoxy groups -OCH3 is 1. The van der Waals surface area contributed by atoms with E-state index in [1.807, 2.05) is 0 Å². The summed E-state index contributed by atoms with van der Waals surface area (Å²) >= 11 is 6.19. The van der Waals surface area contributed by atoms with Gasteiger partial charge in [-0.05, 0) is 49.2 Å². The van der Waals surface area contributed by atoms with Crippen molar-refractivity contribution >= 4 is 46.7 Å². The molecule has 32 heavy (non-hydrogen) atoms. The van der Waals surface area contributed by atoms with E-state index in [1.165, 1.54) is 31.4 Å². The largest absolute Gasteiger partial charge is 0.465 e. The molecule has 2 heterocycles. The number of imide groups is 1. The number of nitrogens with zero attached hydrogens (tertiary/aromatic N) is 2. The molecule has 2 aromatic carbocycles. The van der Waals surface area contributed by atoms with Crippen molar-refractivity contribution in [3.8, 4) is 0 Å². The number of carbonyl (C=O) groups excluding carboxylic acids is 4. The lowest BCUT2D eigenvalue weighted by Crippen LogP contribution is -2.32. The molecule has 1 saturated heterocycles. The second-order valence-corrected chi connectivity index (χ2v) is 7.76. The second-order valence-electron chi connectivity index (χ2n) is 7.38. The Morgan fingerprint density at radius 3 is 2.38 bits per heavy atom. The van der Waals surface area contributed by atoms with E-state index in [1.54, 1.807) is 29.2 Å². The van der Waals surface area contributed by atoms with Gasteiger partial charge in [0.1, 0.15) is 10.7 Å². The summed E-state index contributed by atoms with van der Waals surface area (Å²) in [5.41, 5.74) is 1.21. The molecule has 2 aliphatic heterocycles. The number of nitrogens with one attached hydrogen (secondary N) is 1. The van der Waals surface area contributed by atoms with Gasteiger partial charge in [0.15, 0.2) is 0 Å². The van der Waals surface area contributed by atoms with E-state index in [0.29, 0.717) is 11.3 Å². The molecular weight excluding hydrogens is 434 g/mol. The third-order valence-corrected chi connectivity index (χ3v) is 5.68. The van der Waals surface area contributed by atoms with Crippen molar-refractivity contribution in [2.75, 3.05) is 30.4 Å². The number of ether oxygens (including phenoxy) is 1. The first-order valence-electron chi connectivity index (χ1n) is 10.0. The molecule has 1 fully saturated rings. The monoisotopic (exact) mass is 453 g/mol. The van der Waals surface area contributed by atoms with Crippen molar-refractivity contribution in [3.05, 3.63) is 70.4 Å². The highest BCUT2D eigenvalue weighted by Crippen LogP contribution is 2.31. The molecule has 0 atom stereocenters. The molecule has 1 N–H and O–H groups in total. The molecule has 164 valence electrons. The summed E-state index contributed by atoms with van der Waals surface area (Å²) in [6, 6.07) is 12.6. The third-order valence-electron chi connectivity index (χ3n) is 5.32. The minimum Gasteiger partial charge on any atom is -0.465 e. The van der Waals surface area contributed by atoms with Gasteiger partial charge in [-0.2, -0.15) is 0 Å². The fourth-order valence-electron chi connectivity index (χ4n) is 3.71. The van der Waals surface area contributed by atoms with E-state index in [-0.39, 0.29) is 27.9 Å². The minimum atomic E-state index is -0.717. The molecule has 0 spiro atoms. The summed E-state index contributed by atoms with van der Waals surface area (Å²) in [5.74, 6) is -2.06. The van der Waals surface area contributed by atoms with Crippen molar-refractivity contribution in [2.45, 2.75) is 12.8 Å². The van der Waals surface area contributed by atoms with Gasteiger partial charge in [-0.1, -0.05) is 23.7 Å². The van der Waals surface area contributed by atoms with E-state index in [0.717, 1.165) is 30.8 Å². The molecule has 0 radical (unpaired) electrons. The maximum atomic E-state index is 13.0. The quantitative estimate of drug-likeness (QED) is 0.552. The first kappa shape index (κ1) is 21.6. The van der Waals surface area contributed by atoms with Crippen LogP contribution >= 0.6 is 11.6 Å². The second kappa shape index (κ2) is 8.84. The molecule has 0 aromatic heterocycles. The van der Waals surface area contributed by atoms with Crippen LogP contribution in [0.5, 0.6) is 0 Å². The van der Waals surface area contributed by atoms with Gasteiger partial charge in [0, 0.05) is 24.3 Å². The number of anilines is 2. The van der Waals surface area contributed by atoms with E-state index in [2.05, 4.69) is 10.1 Å². The molecule has 2 aromatic rings. The van der Waals surface area contributed by atoms with Gasteiger partial charge in [0.2, 0.25) is 0 Å². The molecule has 0 saturated carbocycles. The summed E-state index contributed by atoms with van der Waals surface area (Å²) in [5, 5.41) is 2.60. The van der Waals surface area contributed by atoms with Gasteiger partial charge in [0.25, 0.3) is 17.7 Å². The van der Waals surface area contributed by atoms with E-state index < -0.39 is 17.8 Å². The number of halogens is 1. The molecule has 0 bridgehead atoms. The summed E-state index contributed by atoms with van der Waals surface area (Å²) in [6.45, 7) is 1.44. The average molecular weight is 454 g/mol. The van der Waals surface area contributed by atoms with Crippen molar-refractivity contribution < 1.29 is 23.9 Å². The standard InChI is InChI=1S/C23H20ClN3O5/c1-32-23(31)15-7-5-9-17(13-15)27-21(29)18(24)19(22(27)30)25-16-8-4-6-14(12-16)20(28)26-10-2-3-11-26/h4-9,12-13,25H,2-3,10-11H2,1H3. The zero-order valence-corrected chi connectivity index (χ0v) is 18.0. The predicted molar refractivity (Wildman–Crippen MR) is 118 cm³/mol. The van der Waals surface area contributed by atoms with Gasteiger partial charge in [0.05, 0.1) is 18.4 Å². The Morgan fingerprint density at radius 1 is 0.969 bits per heavy atom. The molecule has 4 rings (SSSR count). The van der Waals surface area contributed by atoms with Crippen LogP contribution in [0.2, 0.25) is 0 Å². The topological polar surface area (TPSA) is 96.0 Å². The summed E-state index contributed by atoms with van der Waals surface area (Å²) in [7, 11) is 1.24. The molecule has 8 nitrogen and oxygen atoms in total. The number of likely N-dealkylation sites (tertiary alicyclic amines) is 1. The molecule has 0 unspecified atom stereocenters. The van der Waals surface area contributed by atoms with Crippen molar-refractivity contribution in [3.63, 3.8) is 0 Å². The average Bonchev–Trinajstić information content (AvgIpc) is 3.42. The van der Waals surface area contributed by atoms with Crippen LogP contribution in [0.25, 0.3) is 0 Å². The highest BCUT2D eigenvalue weighted by atomic mass is 35.5. The van der Waals surface area contributed by atoms with Crippen LogP contribution in [-0.4, -0.2) is 48.8 Å². The van der Waals surface area contributed by atoms with E-state index in [4.69, 9.17) is 11.6 Å². The Balaban J connectivity index is 1.57. The Labute approximate surface area is 189 Å².